The van der Waals surface area contributed by atoms with Crippen molar-refractivity contribution in [3.8, 4) is 0 Å². The first-order chi connectivity index (χ1) is 15.5. The van der Waals surface area contributed by atoms with Crippen molar-refractivity contribution in [2.45, 2.75) is 25.5 Å². The van der Waals surface area contributed by atoms with Crippen LogP contribution in [0.25, 0.3) is 5.65 Å². The zero-order chi connectivity index (χ0) is 22.5. The molecule has 0 atom stereocenters. The number of pyridine rings is 1. The van der Waals surface area contributed by atoms with Crippen LogP contribution in [0.1, 0.15) is 27.0 Å². The Kier molecular flexibility index (Phi) is 6.51. The Hall–Kier alpha value is -3.65. The molecule has 0 aliphatic rings. The number of carbonyl (C=O) groups excluding carboxylic acids is 2. The summed E-state index contributed by atoms with van der Waals surface area (Å²) in [5.41, 5.74) is 5.20. The number of anilines is 1. The number of aryl methyl sites for hydroxylation is 2. The van der Waals surface area contributed by atoms with Gasteiger partial charge in [-0.1, -0.05) is 48.2 Å². The minimum atomic E-state index is -0.187. The average molecular weight is 446 g/mol. The van der Waals surface area contributed by atoms with Crippen molar-refractivity contribution in [1.29, 1.82) is 0 Å². The van der Waals surface area contributed by atoms with Crippen LogP contribution in [-0.2, 0) is 11.3 Å². The number of aromatic nitrogens is 3. The van der Waals surface area contributed by atoms with Gasteiger partial charge in [-0.15, -0.1) is 10.2 Å². The molecule has 4 rings (SSSR count). The van der Waals surface area contributed by atoms with Gasteiger partial charge in [0.1, 0.15) is 0 Å². The highest BCUT2D eigenvalue weighted by Crippen LogP contribution is 2.19. The molecule has 2 aromatic carbocycles. The highest BCUT2D eigenvalue weighted by Gasteiger charge is 2.13. The Morgan fingerprint density at radius 3 is 2.56 bits per heavy atom. The molecule has 8 heteroatoms. The molecule has 2 N–H and O–H groups in total. The molecular formula is C24H23N5O2S. The predicted octanol–water partition coefficient (Wildman–Crippen LogP) is 4.01. The van der Waals surface area contributed by atoms with E-state index in [9.17, 15) is 9.59 Å². The van der Waals surface area contributed by atoms with E-state index in [1.807, 2.05) is 62.4 Å². The second-order valence-electron chi connectivity index (χ2n) is 7.43. The molecule has 32 heavy (non-hydrogen) atoms. The number of thioether (sulfide) groups is 1. The van der Waals surface area contributed by atoms with E-state index < -0.39 is 0 Å². The van der Waals surface area contributed by atoms with Crippen molar-refractivity contribution in [3.05, 3.63) is 89.1 Å². The fraction of sp³-hybridized carbons (Fsp3) is 0.167. The molecule has 0 aliphatic carbocycles. The van der Waals surface area contributed by atoms with E-state index in [-0.39, 0.29) is 17.6 Å². The number of hydrogen-bond donors (Lipinski definition) is 2. The second kappa shape index (κ2) is 9.65. The zero-order valence-corrected chi connectivity index (χ0v) is 18.6. The number of fused-ring (bicyclic) bond motifs is 1. The fourth-order valence-corrected chi connectivity index (χ4v) is 3.85. The maximum absolute atomic E-state index is 12.6. The highest BCUT2D eigenvalue weighted by molar-refractivity contribution is 7.99. The molecule has 2 heterocycles. The van der Waals surface area contributed by atoms with Crippen LogP contribution in [-0.4, -0.2) is 32.2 Å². The van der Waals surface area contributed by atoms with Gasteiger partial charge in [0.2, 0.25) is 5.91 Å². The van der Waals surface area contributed by atoms with Gasteiger partial charge in [0.25, 0.3) is 5.91 Å². The van der Waals surface area contributed by atoms with Crippen molar-refractivity contribution >= 4 is 34.9 Å². The molecule has 0 aliphatic heterocycles. The van der Waals surface area contributed by atoms with Crippen LogP contribution in [0.5, 0.6) is 0 Å². The van der Waals surface area contributed by atoms with Gasteiger partial charge in [0.15, 0.2) is 10.8 Å². The molecule has 4 aromatic rings. The minimum absolute atomic E-state index is 0.133. The Bertz CT molecular complexity index is 1270. The number of benzene rings is 2. The van der Waals surface area contributed by atoms with Gasteiger partial charge >= 0.3 is 0 Å². The van der Waals surface area contributed by atoms with Crippen molar-refractivity contribution in [3.63, 3.8) is 0 Å². The van der Waals surface area contributed by atoms with Crippen molar-refractivity contribution in [1.82, 2.24) is 19.9 Å². The Balaban J connectivity index is 1.40. The van der Waals surface area contributed by atoms with Crippen LogP contribution < -0.4 is 10.6 Å². The first kappa shape index (κ1) is 21.6. The van der Waals surface area contributed by atoms with E-state index in [2.05, 4.69) is 20.8 Å². The van der Waals surface area contributed by atoms with Crippen molar-refractivity contribution < 1.29 is 9.59 Å². The first-order valence-corrected chi connectivity index (χ1v) is 11.1. The molecule has 0 saturated heterocycles. The maximum Gasteiger partial charge on any atom is 0.253 e. The lowest BCUT2D eigenvalue weighted by Gasteiger charge is -2.08. The SMILES string of the molecule is Cc1ccc(NC(=O)CSc2nnc3ccc(C(=O)NCc4ccccc4)cn23)cc1C. The number of nitrogens with one attached hydrogen (secondary N) is 2. The van der Waals surface area contributed by atoms with Crippen LogP contribution in [0.3, 0.4) is 0 Å². The van der Waals surface area contributed by atoms with Crippen LogP contribution in [0.15, 0.2) is 72.0 Å². The summed E-state index contributed by atoms with van der Waals surface area (Å²) in [4.78, 5) is 25.0. The van der Waals surface area contributed by atoms with Crippen LogP contribution in [0.2, 0.25) is 0 Å². The number of carbonyl (C=O) groups is 2. The van der Waals surface area contributed by atoms with E-state index >= 15 is 0 Å². The van der Waals surface area contributed by atoms with E-state index in [0.29, 0.717) is 22.9 Å². The summed E-state index contributed by atoms with van der Waals surface area (Å²) in [6.45, 7) is 4.49. The van der Waals surface area contributed by atoms with E-state index in [1.54, 1.807) is 22.7 Å². The smallest absolute Gasteiger partial charge is 0.253 e. The summed E-state index contributed by atoms with van der Waals surface area (Å²) in [6, 6.07) is 19.0. The van der Waals surface area contributed by atoms with Crippen LogP contribution in [0.4, 0.5) is 5.69 Å². The van der Waals surface area contributed by atoms with Gasteiger partial charge < -0.3 is 10.6 Å². The lowest BCUT2D eigenvalue weighted by Crippen LogP contribution is -2.23. The number of rotatable bonds is 7. The third kappa shape index (κ3) is 5.15. The normalized spacial score (nSPS) is 10.8. The third-order valence-corrected chi connectivity index (χ3v) is 6.00. The average Bonchev–Trinajstić information content (AvgIpc) is 3.21. The summed E-state index contributed by atoms with van der Waals surface area (Å²) < 4.78 is 1.73. The Labute approximate surface area is 190 Å². The molecule has 2 amide bonds. The van der Waals surface area contributed by atoms with E-state index in [1.165, 1.54) is 17.3 Å². The summed E-state index contributed by atoms with van der Waals surface area (Å²) in [7, 11) is 0. The standard InChI is InChI=1S/C24H23N5O2S/c1-16-8-10-20(12-17(16)2)26-22(30)15-32-24-28-27-21-11-9-19(14-29(21)24)23(31)25-13-18-6-4-3-5-7-18/h3-12,14H,13,15H2,1-2H3,(H,25,31)(H,26,30). The van der Waals surface area contributed by atoms with Crippen molar-refractivity contribution in [2.75, 3.05) is 11.1 Å². The summed E-state index contributed by atoms with van der Waals surface area (Å²) in [6.07, 6.45) is 1.69. The molecule has 0 radical (unpaired) electrons. The molecular weight excluding hydrogens is 422 g/mol. The summed E-state index contributed by atoms with van der Waals surface area (Å²) in [5.74, 6) is -0.141. The van der Waals surface area contributed by atoms with Gasteiger partial charge in [0, 0.05) is 18.4 Å². The molecule has 0 bridgehead atoms. The molecule has 0 spiro atoms. The maximum atomic E-state index is 12.6. The van der Waals surface area contributed by atoms with Gasteiger partial charge in [-0.3, -0.25) is 14.0 Å². The minimum Gasteiger partial charge on any atom is -0.348 e. The number of amides is 2. The van der Waals surface area contributed by atoms with Gasteiger partial charge in [0.05, 0.1) is 11.3 Å². The number of nitrogens with zero attached hydrogens (tertiary/aromatic N) is 3. The molecule has 0 unspecified atom stereocenters. The van der Waals surface area contributed by atoms with Crippen molar-refractivity contribution in [2.24, 2.45) is 0 Å². The summed E-state index contributed by atoms with van der Waals surface area (Å²) in [5, 5.41) is 14.6. The molecule has 2 aromatic heterocycles. The fourth-order valence-electron chi connectivity index (χ4n) is 3.13. The Morgan fingerprint density at radius 2 is 1.78 bits per heavy atom. The van der Waals surface area contributed by atoms with Crippen LogP contribution >= 0.6 is 11.8 Å². The molecule has 7 nitrogen and oxygen atoms in total. The molecule has 0 fully saturated rings. The predicted molar refractivity (Wildman–Crippen MR) is 126 cm³/mol. The van der Waals surface area contributed by atoms with Crippen LogP contribution in [0, 0.1) is 13.8 Å². The topological polar surface area (TPSA) is 88.4 Å². The van der Waals surface area contributed by atoms with E-state index in [0.717, 1.165) is 16.8 Å². The Morgan fingerprint density at radius 1 is 0.969 bits per heavy atom. The van der Waals surface area contributed by atoms with Gasteiger partial charge in [-0.05, 0) is 54.8 Å². The quantitative estimate of drug-likeness (QED) is 0.420. The largest absolute Gasteiger partial charge is 0.348 e. The molecule has 0 saturated carbocycles. The zero-order valence-electron chi connectivity index (χ0n) is 17.8. The lowest BCUT2D eigenvalue weighted by atomic mass is 10.1. The third-order valence-electron chi connectivity index (χ3n) is 5.05. The monoisotopic (exact) mass is 445 g/mol. The highest BCUT2D eigenvalue weighted by atomic mass is 32.2. The summed E-state index contributed by atoms with van der Waals surface area (Å²) >= 11 is 1.27. The number of hydrogen-bond acceptors (Lipinski definition) is 5. The van der Waals surface area contributed by atoms with Gasteiger partial charge in [-0.2, -0.15) is 0 Å². The lowest BCUT2D eigenvalue weighted by molar-refractivity contribution is -0.113. The van der Waals surface area contributed by atoms with E-state index in [4.69, 9.17) is 0 Å². The second-order valence-corrected chi connectivity index (χ2v) is 8.38. The molecule has 162 valence electrons. The first-order valence-electron chi connectivity index (χ1n) is 10.2. The van der Waals surface area contributed by atoms with Gasteiger partial charge in [-0.25, -0.2) is 0 Å².